The van der Waals surface area contributed by atoms with Crippen LogP contribution < -0.4 is 21.1 Å². The smallest absolute Gasteiger partial charge is 0.256 e. The van der Waals surface area contributed by atoms with Gasteiger partial charge in [0.05, 0.1) is 30.7 Å². The van der Waals surface area contributed by atoms with Crippen molar-refractivity contribution in [1.29, 1.82) is 0 Å². The van der Waals surface area contributed by atoms with Crippen LogP contribution in [-0.4, -0.2) is 47.9 Å². The molecule has 1 atom stereocenters. The molecule has 12 heteroatoms. The predicted molar refractivity (Wildman–Crippen MR) is 118 cm³/mol. The van der Waals surface area contributed by atoms with Crippen molar-refractivity contribution >= 4 is 23.2 Å². The molecule has 170 valence electrons. The summed E-state index contributed by atoms with van der Waals surface area (Å²) in [7, 11) is 0. The molecule has 4 aromatic rings. The Hall–Kier alpha value is -4.22. The number of fused-ring (bicyclic) bond motifs is 2. The molecule has 33 heavy (non-hydrogen) atoms. The summed E-state index contributed by atoms with van der Waals surface area (Å²) in [5.41, 5.74) is 8.85. The van der Waals surface area contributed by atoms with Gasteiger partial charge >= 0.3 is 0 Å². The molecule has 1 aliphatic heterocycles. The summed E-state index contributed by atoms with van der Waals surface area (Å²) in [5, 5.41) is 14.6. The lowest BCUT2D eigenvalue weighted by Gasteiger charge is -2.17. The largest absolute Gasteiger partial charge is 0.473 e. The average Bonchev–Trinajstić information content (AvgIpc) is 3.44. The van der Waals surface area contributed by atoms with Gasteiger partial charge in [0.25, 0.3) is 5.91 Å². The second-order valence-corrected chi connectivity index (χ2v) is 7.71. The van der Waals surface area contributed by atoms with Crippen LogP contribution in [0.5, 0.6) is 5.88 Å². The molecule has 0 aromatic carbocycles. The fourth-order valence-electron chi connectivity index (χ4n) is 3.70. The van der Waals surface area contributed by atoms with E-state index in [1.165, 1.54) is 16.8 Å². The number of carbonyl (C=O) groups is 1. The van der Waals surface area contributed by atoms with Crippen molar-refractivity contribution in [2.45, 2.75) is 33.0 Å². The minimum Gasteiger partial charge on any atom is -0.473 e. The normalized spacial score (nSPS) is 16.2. The minimum absolute atomic E-state index is 0.162. The number of carbonyl (C=O) groups excluding carboxylic acids is 1. The van der Waals surface area contributed by atoms with Gasteiger partial charge < -0.3 is 21.1 Å². The van der Waals surface area contributed by atoms with Gasteiger partial charge in [0.1, 0.15) is 29.1 Å². The molecule has 5 heterocycles. The number of aromatic nitrogens is 6. The standard InChI is InChI=1S/C21H22FN9O2/c1-3-30-10-13(7-27-30)16-17(23)31-19-15(9-28-31)20(32)25-5-11(2)33-21-12(4-14(22)8-26-21)6-24-18(16)29-19/h4,7-11H,3,5-6,23H2,1-2H3,(H,24,29)(H,25,32). The van der Waals surface area contributed by atoms with E-state index >= 15 is 0 Å². The number of amides is 1. The highest BCUT2D eigenvalue weighted by molar-refractivity contribution is 6.01. The number of hydrogen-bond acceptors (Lipinski definition) is 8. The Bertz CT molecular complexity index is 1360. The quantitative estimate of drug-likeness (QED) is 0.420. The first kappa shape index (κ1) is 20.7. The lowest BCUT2D eigenvalue weighted by atomic mass is 10.1. The Labute approximate surface area is 187 Å². The SMILES string of the molecule is CCn1cc(-c2c3nc4c(cnn4c2N)C(=O)NCC(C)Oc2ncc(F)cc2CN3)cn1. The first-order valence-corrected chi connectivity index (χ1v) is 10.5. The van der Waals surface area contributed by atoms with E-state index in [4.69, 9.17) is 10.5 Å². The Balaban J connectivity index is 1.70. The van der Waals surface area contributed by atoms with Gasteiger partial charge in [-0.1, -0.05) is 0 Å². The van der Waals surface area contributed by atoms with Gasteiger partial charge in [0, 0.05) is 30.4 Å². The molecule has 0 saturated carbocycles. The third-order valence-electron chi connectivity index (χ3n) is 5.37. The number of nitrogens with one attached hydrogen (secondary N) is 2. The monoisotopic (exact) mass is 451 g/mol. The predicted octanol–water partition coefficient (Wildman–Crippen LogP) is 1.85. The van der Waals surface area contributed by atoms with Crippen LogP contribution in [0.25, 0.3) is 16.8 Å². The summed E-state index contributed by atoms with van der Waals surface area (Å²) < 4.78 is 23.0. The summed E-state index contributed by atoms with van der Waals surface area (Å²) in [6.07, 6.45) is 5.63. The third kappa shape index (κ3) is 3.69. The number of nitrogens with two attached hydrogens (primary N) is 1. The number of ether oxygens (including phenoxy) is 1. The van der Waals surface area contributed by atoms with E-state index in [9.17, 15) is 9.18 Å². The second kappa shape index (κ2) is 8.04. The molecule has 2 bridgehead atoms. The van der Waals surface area contributed by atoms with E-state index < -0.39 is 11.9 Å². The number of rotatable bonds is 2. The topological polar surface area (TPSA) is 137 Å². The van der Waals surface area contributed by atoms with Crippen LogP contribution in [0.3, 0.4) is 0 Å². The van der Waals surface area contributed by atoms with Crippen molar-refractivity contribution < 1.29 is 13.9 Å². The zero-order chi connectivity index (χ0) is 23.1. The molecule has 0 aliphatic carbocycles. The molecule has 0 saturated heterocycles. The number of halogens is 1. The van der Waals surface area contributed by atoms with Gasteiger partial charge in [-0.2, -0.15) is 14.7 Å². The maximum atomic E-state index is 14.0. The van der Waals surface area contributed by atoms with Gasteiger partial charge in [-0.25, -0.2) is 14.4 Å². The second-order valence-electron chi connectivity index (χ2n) is 7.71. The molecule has 1 aliphatic rings. The van der Waals surface area contributed by atoms with Crippen LogP contribution in [0.2, 0.25) is 0 Å². The Morgan fingerprint density at radius 1 is 1.27 bits per heavy atom. The van der Waals surface area contributed by atoms with Gasteiger partial charge in [-0.05, 0) is 19.9 Å². The molecule has 1 amide bonds. The number of aryl methyl sites for hydroxylation is 1. The van der Waals surface area contributed by atoms with Gasteiger partial charge in [0.15, 0.2) is 5.65 Å². The average molecular weight is 451 g/mol. The number of anilines is 2. The summed E-state index contributed by atoms with van der Waals surface area (Å²) in [5.74, 6) is 0.0931. The van der Waals surface area contributed by atoms with Crippen LogP contribution in [0, 0.1) is 5.82 Å². The molecule has 4 aromatic heterocycles. The Kier molecular flexibility index (Phi) is 5.04. The first-order valence-electron chi connectivity index (χ1n) is 10.5. The van der Waals surface area contributed by atoms with Gasteiger partial charge in [-0.3, -0.25) is 9.48 Å². The lowest BCUT2D eigenvalue weighted by Crippen LogP contribution is -2.33. The molecule has 0 fully saturated rings. The maximum absolute atomic E-state index is 14.0. The fraction of sp³-hybridized carbons (Fsp3) is 0.286. The summed E-state index contributed by atoms with van der Waals surface area (Å²) >= 11 is 0. The van der Waals surface area contributed by atoms with Crippen molar-refractivity contribution in [3.63, 3.8) is 0 Å². The highest BCUT2D eigenvalue weighted by atomic mass is 19.1. The zero-order valence-corrected chi connectivity index (χ0v) is 18.0. The Morgan fingerprint density at radius 2 is 2.12 bits per heavy atom. The first-order chi connectivity index (χ1) is 15.9. The van der Waals surface area contributed by atoms with Crippen LogP contribution >= 0.6 is 0 Å². The van der Waals surface area contributed by atoms with Crippen LogP contribution in [0.1, 0.15) is 29.8 Å². The van der Waals surface area contributed by atoms with Crippen LogP contribution in [-0.2, 0) is 13.1 Å². The number of pyridine rings is 1. The van der Waals surface area contributed by atoms with Crippen molar-refractivity contribution in [3.8, 4) is 17.0 Å². The number of nitrogen functional groups attached to an aromatic ring is 1. The fourth-order valence-corrected chi connectivity index (χ4v) is 3.70. The third-order valence-corrected chi connectivity index (χ3v) is 5.37. The molecule has 0 spiro atoms. The molecular weight excluding hydrogens is 429 g/mol. The van der Waals surface area contributed by atoms with E-state index in [0.717, 1.165) is 11.8 Å². The van der Waals surface area contributed by atoms with E-state index in [-0.39, 0.29) is 36.3 Å². The van der Waals surface area contributed by atoms with Gasteiger partial charge in [-0.15, -0.1) is 0 Å². The maximum Gasteiger partial charge on any atom is 0.256 e. The number of hydrogen-bond donors (Lipinski definition) is 3. The number of nitrogens with zero attached hydrogens (tertiary/aromatic N) is 6. The Morgan fingerprint density at radius 3 is 2.91 bits per heavy atom. The summed E-state index contributed by atoms with van der Waals surface area (Å²) in [6.45, 7) is 4.81. The summed E-state index contributed by atoms with van der Waals surface area (Å²) in [6, 6.07) is 1.35. The zero-order valence-electron chi connectivity index (χ0n) is 18.0. The van der Waals surface area contributed by atoms with E-state index in [2.05, 4.69) is 30.8 Å². The highest BCUT2D eigenvalue weighted by Crippen LogP contribution is 2.34. The van der Waals surface area contributed by atoms with Crippen molar-refractivity contribution in [2.24, 2.45) is 0 Å². The van der Waals surface area contributed by atoms with E-state index in [1.807, 2.05) is 13.1 Å². The highest BCUT2D eigenvalue weighted by Gasteiger charge is 2.23. The van der Waals surface area contributed by atoms with E-state index in [1.54, 1.807) is 17.8 Å². The summed E-state index contributed by atoms with van der Waals surface area (Å²) in [4.78, 5) is 21.6. The molecular formula is C21H22FN9O2. The molecule has 5 rings (SSSR count). The molecule has 0 radical (unpaired) electrons. The van der Waals surface area contributed by atoms with E-state index in [0.29, 0.717) is 29.1 Å². The molecule has 1 unspecified atom stereocenters. The van der Waals surface area contributed by atoms with Crippen molar-refractivity contribution in [2.75, 3.05) is 17.6 Å². The van der Waals surface area contributed by atoms with Gasteiger partial charge in [0.2, 0.25) is 5.88 Å². The van der Waals surface area contributed by atoms with Crippen molar-refractivity contribution in [3.05, 3.63) is 47.8 Å². The van der Waals surface area contributed by atoms with Crippen LogP contribution in [0.15, 0.2) is 30.9 Å². The van der Waals surface area contributed by atoms with Crippen LogP contribution in [0.4, 0.5) is 16.0 Å². The molecule has 4 N–H and O–H groups in total. The van der Waals surface area contributed by atoms with Crippen molar-refractivity contribution in [1.82, 2.24) is 34.7 Å². The molecule has 11 nitrogen and oxygen atoms in total. The minimum atomic E-state index is -0.491. The lowest BCUT2D eigenvalue weighted by molar-refractivity contribution is 0.0932.